The summed E-state index contributed by atoms with van der Waals surface area (Å²) in [7, 11) is 0. The Bertz CT molecular complexity index is 948. The largest absolute Gasteiger partial charge is 0.477 e. The molecule has 2 heterocycles. The predicted molar refractivity (Wildman–Crippen MR) is 105 cm³/mol. The van der Waals surface area contributed by atoms with E-state index in [1.54, 1.807) is 31.3 Å². The van der Waals surface area contributed by atoms with Crippen LogP contribution in [-0.4, -0.2) is 39.0 Å². The van der Waals surface area contributed by atoms with E-state index in [1.807, 2.05) is 13.0 Å². The first-order valence-electron chi connectivity index (χ1n) is 8.73. The number of nitrogens with one attached hydrogen (secondary N) is 1. The van der Waals surface area contributed by atoms with Gasteiger partial charge in [-0.2, -0.15) is 10.2 Å². The summed E-state index contributed by atoms with van der Waals surface area (Å²) in [6.07, 6.45) is 4.49. The Morgan fingerprint density at radius 2 is 2.04 bits per heavy atom. The molecule has 7 nitrogen and oxygen atoms in total. The molecule has 0 aliphatic carbocycles. The Hall–Kier alpha value is -2.81. The van der Waals surface area contributed by atoms with Gasteiger partial charge in [0.05, 0.1) is 24.6 Å². The lowest BCUT2D eigenvalue weighted by Gasteiger charge is -2.17. The Labute approximate surface area is 170 Å². The zero-order chi connectivity index (χ0) is 20.1. The highest BCUT2D eigenvalue weighted by molar-refractivity contribution is 9.10. The minimum Gasteiger partial charge on any atom is -0.477 e. The quantitative estimate of drug-likeness (QED) is 0.599. The lowest BCUT2D eigenvalue weighted by atomic mass is 9.98. The molecular formula is C19H19BrFN5O2. The van der Waals surface area contributed by atoms with Crippen molar-refractivity contribution in [3.63, 3.8) is 0 Å². The second kappa shape index (κ2) is 8.92. The number of aromatic nitrogens is 4. The highest BCUT2D eigenvalue weighted by Gasteiger charge is 2.23. The van der Waals surface area contributed by atoms with E-state index in [1.165, 1.54) is 12.4 Å². The van der Waals surface area contributed by atoms with Crippen molar-refractivity contribution in [2.24, 2.45) is 0 Å². The number of carbonyl (C=O) groups is 1. The summed E-state index contributed by atoms with van der Waals surface area (Å²) in [6.45, 7) is 4.28. The second-order valence-electron chi connectivity index (χ2n) is 6.07. The summed E-state index contributed by atoms with van der Waals surface area (Å²) in [4.78, 5) is 17.6. The zero-order valence-corrected chi connectivity index (χ0v) is 17.0. The first-order valence-corrected chi connectivity index (χ1v) is 9.52. The van der Waals surface area contributed by atoms with E-state index >= 15 is 4.39 Å². The molecule has 1 aromatic carbocycles. The van der Waals surface area contributed by atoms with Crippen LogP contribution in [0.15, 0.2) is 47.3 Å². The molecule has 0 spiro atoms. The standard InChI is InChI=1S/C19H19BrFN5O2/c1-3-22-19(27)15-6-5-14(17(21)18(15)26-24-8-9-25-26)12(2)11-28-16-7-4-13(20)10-23-16/h4-10,12H,3,11H2,1-2H3,(H,22,27)/t12-/m1/s1. The molecule has 1 atom stereocenters. The van der Waals surface area contributed by atoms with Crippen molar-refractivity contribution in [1.82, 2.24) is 25.3 Å². The van der Waals surface area contributed by atoms with Crippen LogP contribution in [0.2, 0.25) is 0 Å². The minimum atomic E-state index is -0.556. The number of pyridine rings is 1. The van der Waals surface area contributed by atoms with Gasteiger partial charge in [0, 0.05) is 29.2 Å². The first kappa shape index (κ1) is 19.9. The van der Waals surface area contributed by atoms with Crippen LogP contribution in [-0.2, 0) is 0 Å². The SMILES string of the molecule is CCNC(=O)c1ccc([C@H](C)COc2ccc(Br)cn2)c(F)c1-n1nccn1. The van der Waals surface area contributed by atoms with Gasteiger partial charge in [0.2, 0.25) is 5.88 Å². The fourth-order valence-corrected chi connectivity index (χ4v) is 2.91. The van der Waals surface area contributed by atoms with Crippen LogP contribution >= 0.6 is 15.9 Å². The van der Waals surface area contributed by atoms with Gasteiger partial charge in [-0.05, 0) is 40.5 Å². The third kappa shape index (κ3) is 4.36. The Morgan fingerprint density at radius 1 is 1.29 bits per heavy atom. The van der Waals surface area contributed by atoms with E-state index < -0.39 is 5.82 Å². The van der Waals surface area contributed by atoms with Crippen LogP contribution in [0.3, 0.4) is 0 Å². The molecule has 0 bridgehead atoms. The number of nitrogens with zero attached hydrogens (tertiary/aromatic N) is 4. The number of ether oxygens (including phenoxy) is 1. The zero-order valence-electron chi connectivity index (χ0n) is 15.4. The van der Waals surface area contributed by atoms with E-state index in [0.29, 0.717) is 18.0 Å². The summed E-state index contributed by atoms with van der Waals surface area (Å²) in [6, 6.07) is 6.72. The van der Waals surface area contributed by atoms with Gasteiger partial charge in [0.1, 0.15) is 5.69 Å². The van der Waals surface area contributed by atoms with Crippen LogP contribution in [0.4, 0.5) is 4.39 Å². The van der Waals surface area contributed by atoms with E-state index in [9.17, 15) is 4.79 Å². The van der Waals surface area contributed by atoms with Crippen molar-refractivity contribution in [2.45, 2.75) is 19.8 Å². The van der Waals surface area contributed by atoms with E-state index in [4.69, 9.17) is 4.74 Å². The molecule has 0 aliphatic heterocycles. The number of rotatable bonds is 7. The monoisotopic (exact) mass is 447 g/mol. The summed E-state index contributed by atoms with van der Waals surface area (Å²) in [5, 5.41) is 10.7. The van der Waals surface area contributed by atoms with Crippen LogP contribution in [0, 0.1) is 5.82 Å². The van der Waals surface area contributed by atoms with Crippen molar-refractivity contribution >= 4 is 21.8 Å². The molecule has 0 fully saturated rings. The van der Waals surface area contributed by atoms with Crippen LogP contribution < -0.4 is 10.1 Å². The number of amides is 1. The summed E-state index contributed by atoms with van der Waals surface area (Å²) in [5.74, 6) is -0.783. The molecule has 0 saturated carbocycles. The summed E-state index contributed by atoms with van der Waals surface area (Å²) < 4.78 is 21.9. The fourth-order valence-electron chi connectivity index (χ4n) is 2.67. The van der Waals surface area contributed by atoms with Crippen molar-refractivity contribution in [3.8, 4) is 11.6 Å². The molecule has 3 aromatic rings. The lowest BCUT2D eigenvalue weighted by Crippen LogP contribution is -2.25. The van der Waals surface area contributed by atoms with Gasteiger partial charge in [0.25, 0.3) is 5.91 Å². The Kier molecular flexibility index (Phi) is 6.35. The Morgan fingerprint density at radius 3 is 2.68 bits per heavy atom. The predicted octanol–water partition coefficient (Wildman–Crippen LogP) is 3.50. The van der Waals surface area contributed by atoms with Gasteiger partial charge in [-0.1, -0.05) is 13.0 Å². The van der Waals surface area contributed by atoms with Crippen LogP contribution in [0.5, 0.6) is 5.88 Å². The summed E-state index contributed by atoms with van der Waals surface area (Å²) in [5.41, 5.74) is 0.585. The highest BCUT2D eigenvalue weighted by Crippen LogP contribution is 2.27. The van der Waals surface area contributed by atoms with E-state index in [2.05, 4.69) is 36.4 Å². The maximum atomic E-state index is 15.4. The number of hydrogen-bond donors (Lipinski definition) is 1. The van der Waals surface area contributed by atoms with Gasteiger partial charge in [-0.15, -0.1) is 4.80 Å². The van der Waals surface area contributed by atoms with Crippen molar-refractivity contribution in [1.29, 1.82) is 0 Å². The van der Waals surface area contributed by atoms with Crippen LogP contribution in [0.1, 0.15) is 35.7 Å². The fraction of sp³-hybridized carbons (Fsp3) is 0.263. The average molecular weight is 448 g/mol. The van der Waals surface area contributed by atoms with Gasteiger partial charge >= 0.3 is 0 Å². The third-order valence-corrected chi connectivity index (χ3v) is 4.53. The van der Waals surface area contributed by atoms with Crippen molar-refractivity contribution < 1.29 is 13.9 Å². The molecule has 146 valence electrons. The molecule has 0 radical (unpaired) electrons. The Balaban J connectivity index is 1.89. The molecule has 1 amide bonds. The maximum absolute atomic E-state index is 15.4. The normalized spacial score (nSPS) is 11.9. The molecule has 28 heavy (non-hydrogen) atoms. The van der Waals surface area contributed by atoms with E-state index in [0.717, 1.165) is 9.27 Å². The van der Waals surface area contributed by atoms with E-state index in [-0.39, 0.29) is 29.7 Å². The first-order chi connectivity index (χ1) is 13.5. The molecular weight excluding hydrogens is 429 g/mol. The number of carbonyl (C=O) groups excluding carboxylic acids is 1. The maximum Gasteiger partial charge on any atom is 0.253 e. The van der Waals surface area contributed by atoms with Gasteiger partial charge in [0.15, 0.2) is 5.82 Å². The molecule has 1 N–H and O–H groups in total. The number of benzene rings is 1. The van der Waals surface area contributed by atoms with Crippen LogP contribution in [0.25, 0.3) is 5.69 Å². The second-order valence-corrected chi connectivity index (χ2v) is 6.99. The molecule has 0 saturated heterocycles. The van der Waals surface area contributed by atoms with Gasteiger partial charge < -0.3 is 10.1 Å². The number of hydrogen-bond acceptors (Lipinski definition) is 5. The molecule has 2 aromatic heterocycles. The van der Waals surface area contributed by atoms with Gasteiger partial charge in [-0.25, -0.2) is 9.37 Å². The van der Waals surface area contributed by atoms with Crippen molar-refractivity contribution in [2.75, 3.05) is 13.2 Å². The topological polar surface area (TPSA) is 81.9 Å². The third-order valence-electron chi connectivity index (χ3n) is 4.06. The molecule has 9 heteroatoms. The minimum absolute atomic E-state index is 0.0158. The highest BCUT2D eigenvalue weighted by atomic mass is 79.9. The van der Waals surface area contributed by atoms with Gasteiger partial charge in [-0.3, -0.25) is 4.79 Å². The molecule has 0 aliphatic rings. The summed E-state index contributed by atoms with van der Waals surface area (Å²) >= 11 is 3.31. The molecule has 0 unspecified atom stereocenters. The average Bonchev–Trinajstić information content (AvgIpc) is 3.21. The number of halogens is 2. The lowest BCUT2D eigenvalue weighted by molar-refractivity contribution is 0.0955. The molecule has 3 rings (SSSR count). The van der Waals surface area contributed by atoms with Crippen molar-refractivity contribution in [3.05, 3.63) is 64.3 Å². The smallest absolute Gasteiger partial charge is 0.253 e.